The van der Waals surface area contributed by atoms with Crippen LogP contribution in [0.25, 0.3) is 43.5 Å². The largest absolute Gasteiger partial charge is 0.456 e. The van der Waals surface area contributed by atoms with E-state index in [0.717, 1.165) is 44.7 Å². The van der Waals surface area contributed by atoms with Crippen molar-refractivity contribution in [2.45, 2.75) is 20.8 Å². The van der Waals surface area contributed by atoms with Crippen molar-refractivity contribution in [3.05, 3.63) is 194 Å². The Hall–Kier alpha value is -6.46. The zero-order valence-electron chi connectivity index (χ0n) is 29.7. The van der Waals surface area contributed by atoms with Crippen molar-refractivity contribution in [3.8, 4) is 0 Å². The van der Waals surface area contributed by atoms with E-state index in [1.807, 2.05) is 36.4 Å². The molecule has 0 radical (unpaired) electrons. The lowest BCUT2D eigenvalue weighted by molar-refractivity contribution is 0.666. The number of anilines is 4. The molecule has 0 aliphatic rings. The number of rotatable bonds is 8. The number of halogens is 2. The van der Waals surface area contributed by atoms with Gasteiger partial charge < -0.3 is 15.1 Å². The van der Waals surface area contributed by atoms with Crippen molar-refractivity contribution in [2.24, 2.45) is 0 Å². The van der Waals surface area contributed by atoms with Crippen LogP contribution in [-0.4, -0.2) is 0 Å². The predicted molar refractivity (Wildman–Crippen MR) is 221 cm³/mol. The molecule has 3 nitrogen and oxygen atoms in total. The van der Waals surface area contributed by atoms with Gasteiger partial charge >= 0.3 is 0 Å². The molecule has 0 atom stereocenters. The van der Waals surface area contributed by atoms with Gasteiger partial charge in [0, 0.05) is 45.1 Å². The van der Waals surface area contributed by atoms with E-state index in [2.05, 4.69) is 110 Å². The number of benzene rings is 6. The van der Waals surface area contributed by atoms with E-state index in [1.165, 1.54) is 63.6 Å². The molecule has 52 heavy (non-hydrogen) atoms. The van der Waals surface area contributed by atoms with Crippen LogP contribution in [0.5, 0.6) is 0 Å². The van der Waals surface area contributed by atoms with Crippen molar-refractivity contribution in [1.82, 2.24) is 0 Å². The average molecular weight is 689 g/mol. The molecule has 0 amide bonds. The van der Waals surface area contributed by atoms with Gasteiger partial charge in [-0.1, -0.05) is 116 Å². The summed E-state index contributed by atoms with van der Waals surface area (Å²) in [7, 11) is 0. The highest BCUT2D eigenvalue weighted by atomic mass is 19.1. The first-order valence-corrected chi connectivity index (χ1v) is 17.0. The van der Waals surface area contributed by atoms with Crippen LogP contribution >= 0.6 is 0 Å². The number of hydrogen-bond donors (Lipinski definition) is 2. The summed E-state index contributed by atoms with van der Waals surface area (Å²) in [6.45, 7) is 12.3. The highest BCUT2D eigenvalue weighted by Gasteiger charge is 2.18. The molecule has 5 heteroatoms. The molecule has 0 aliphatic carbocycles. The number of nitrogens with one attached hydrogen (secondary N) is 2. The first-order chi connectivity index (χ1) is 25.4. The number of para-hydroxylation sites is 2. The van der Waals surface area contributed by atoms with Crippen molar-refractivity contribution in [2.75, 3.05) is 10.6 Å². The summed E-state index contributed by atoms with van der Waals surface area (Å²) in [5, 5.41) is 14.2. The molecule has 260 valence electrons. The lowest BCUT2D eigenvalue weighted by Crippen LogP contribution is -1.92. The third kappa shape index (κ3) is 9.01. The van der Waals surface area contributed by atoms with Gasteiger partial charge in [-0.3, -0.25) is 0 Å². The molecule has 0 spiro atoms. The van der Waals surface area contributed by atoms with E-state index in [-0.39, 0.29) is 11.7 Å². The molecule has 2 N–H and O–H groups in total. The Morgan fingerprint density at radius 2 is 1.00 bits per heavy atom. The standard InChI is InChI=1S/C33H24N2O.2C7H9F/c1-21-16-17-26-27(18-21)29(35-23-12-6-3-7-13-23)20-31-33(26)32-25-15-9-8-14-24(25)28(19-30(32)36-31)34-22-10-4-2-5-11-22;2*1-3-5-7(8)6-4-2/h2-20,34-35H,1H3;2*3-6H,1H2,2H3/b;2*6-4-,7-5+. The quantitative estimate of drug-likeness (QED) is 0.156. The Labute approximate surface area is 304 Å². The number of furan rings is 1. The van der Waals surface area contributed by atoms with E-state index >= 15 is 0 Å². The molecule has 6 aromatic carbocycles. The Bertz CT molecular complexity index is 2400. The summed E-state index contributed by atoms with van der Waals surface area (Å²) in [5.74, 6) is -0.523. The lowest BCUT2D eigenvalue weighted by atomic mass is 9.97. The zero-order chi connectivity index (χ0) is 36.9. The first kappa shape index (κ1) is 36.8. The molecule has 0 bridgehead atoms. The molecule has 1 heterocycles. The van der Waals surface area contributed by atoms with Crippen molar-refractivity contribution in [3.63, 3.8) is 0 Å². The summed E-state index contributed by atoms with van der Waals surface area (Å²) in [6.07, 6.45) is 11.5. The molecule has 0 saturated heterocycles. The number of fused-ring (bicyclic) bond motifs is 7. The molecular formula is C47H42F2N2O. The highest BCUT2D eigenvalue weighted by Crippen LogP contribution is 2.44. The normalized spacial score (nSPS) is 11.8. The Kier molecular flexibility index (Phi) is 12.7. The van der Waals surface area contributed by atoms with Crippen molar-refractivity contribution < 1.29 is 13.2 Å². The van der Waals surface area contributed by atoms with Gasteiger partial charge in [0.05, 0.1) is 11.4 Å². The lowest BCUT2D eigenvalue weighted by Gasteiger charge is -2.12. The fourth-order valence-electron chi connectivity index (χ4n) is 5.87. The van der Waals surface area contributed by atoms with Gasteiger partial charge in [0.1, 0.15) is 22.8 Å². The number of allylic oxidation sites excluding steroid dienone is 10. The maximum atomic E-state index is 12.1. The van der Waals surface area contributed by atoms with Gasteiger partial charge in [0.15, 0.2) is 0 Å². The summed E-state index contributed by atoms with van der Waals surface area (Å²) in [6, 6.07) is 40.1. The Balaban J connectivity index is 0.000000275. The van der Waals surface area contributed by atoms with E-state index < -0.39 is 0 Å². The van der Waals surface area contributed by atoms with Crippen LogP contribution in [0, 0.1) is 6.92 Å². The number of hydrogen-bond acceptors (Lipinski definition) is 3. The third-order valence-electron chi connectivity index (χ3n) is 8.05. The minimum atomic E-state index is -0.262. The molecule has 0 fully saturated rings. The molecule has 0 aliphatic heterocycles. The average Bonchev–Trinajstić information content (AvgIpc) is 3.52. The fourth-order valence-corrected chi connectivity index (χ4v) is 5.87. The van der Waals surface area contributed by atoms with E-state index in [4.69, 9.17) is 4.42 Å². The maximum Gasteiger partial charge on any atom is 0.138 e. The number of aryl methyl sites for hydroxylation is 1. The maximum absolute atomic E-state index is 12.1. The SMILES string of the molecule is C=C/C=C(F)\C=C/C.C=C/C=C(F)\C=C/C.Cc1ccc2c(c1)c(Nc1ccccc1)cc1oc3cc(Nc4ccccc4)c4ccccc4c3c12. The topological polar surface area (TPSA) is 37.2 Å². The van der Waals surface area contributed by atoms with Crippen LogP contribution < -0.4 is 10.6 Å². The summed E-state index contributed by atoms with van der Waals surface area (Å²) >= 11 is 0. The molecule has 0 unspecified atom stereocenters. The smallest absolute Gasteiger partial charge is 0.138 e. The second kappa shape index (κ2) is 18.0. The molecule has 0 saturated carbocycles. The minimum absolute atomic E-state index is 0.262. The zero-order valence-corrected chi connectivity index (χ0v) is 29.7. The molecular weight excluding hydrogens is 647 g/mol. The van der Waals surface area contributed by atoms with Gasteiger partial charge in [-0.15, -0.1) is 0 Å². The van der Waals surface area contributed by atoms with Gasteiger partial charge in [0.25, 0.3) is 0 Å². The van der Waals surface area contributed by atoms with Crippen LogP contribution in [0.1, 0.15) is 19.4 Å². The Morgan fingerprint density at radius 3 is 1.48 bits per heavy atom. The molecule has 7 rings (SSSR count). The van der Waals surface area contributed by atoms with Gasteiger partial charge in [-0.2, -0.15) is 0 Å². The first-order valence-electron chi connectivity index (χ1n) is 17.0. The van der Waals surface area contributed by atoms with E-state index in [9.17, 15) is 8.78 Å². The fraction of sp³-hybridized carbons (Fsp3) is 0.0638. The van der Waals surface area contributed by atoms with Crippen LogP contribution in [0.4, 0.5) is 31.5 Å². The monoisotopic (exact) mass is 688 g/mol. The van der Waals surface area contributed by atoms with Gasteiger partial charge in [-0.25, -0.2) is 8.78 Å². The summed E-state index contributed by atoms with van der Waals surface area (Å²) < 4.78 is 30.8. The molecule has 1 aromatic heterocycles. The Morgan fingerprint density at radius 1 is 0.558 bits per heavy atom. The van der Waals surface area contributed by atoms with Gasteiger partial charge in [0.2, 0.25) is 0 Å². The van der Waals surface area contributed by atoms with Crippen LogP contribution in [0.15, 0.2) is 193 Å². The van der Waals surface area contributed by atoms with Crippen molar-refractivity contribution >= 4 is 66.2 Å². The van der Waals surface area contributed by atoms with Crippen molar-refractivity contribution in [1.29, 1.82) is 0 Å². The summed E-state index contributed by atoms with van der Waals surface area (Å²) in [4.78, 5) is 0. The van der Waals surface area contributed by atoms with Gasteiger partial charge in [-0.05, 0) is 86.2 Å². The summed E-state index contributed by atoms with van der Waals surface area (Å²) in [5.41, 5.74) is 7.15. The van der Waals surface area contributed by atoms with Crippen LogP contribution in [-0.2, 0) is 0 Å². The third-order valence-corrected chi connectivity index (χ3v) is 8.05. The second-order valence-corrected chi connectivity index (χ2v) is 11.8. The molecule has 7 aromatic rings. The van der Waals surface area contributed by atoms with E-state index in [1.54, 1.807) is 26.0 Å². The minimum Gasteiger partial charge on any atom is -0.456 e. The van der Waals surface area contributed by atoms with Crippen LogP contribution in [0.2, 0.25) is 0 Å². The highest BCUT2D eigenvalue weighted by molar-refractivity contribution is 6.29. The second-order valence-electron chi connectivity index (χ2n) is 11.8. The van der Waals surface area contributed by atoms with E-state index in [0.29, 0.717) is 0 Å². The predicted octanol–water partition coefficient (Wildman–Crippen LogP) is 14.9. The van der Waals surface area contributed by atoms with Crippen LogP contribution in [0.3, 0.4) is 0 Å².